The molecule has 0 bridgehead atoms. The first-order chi connectivity index (χ1) is 17.5. The summed E-state index contributed by atoms with van der Waals surface area (Å²) in [4.78, 5) is 28.6. The Morgan fingerprint density at radius 3 is 2.50 bits per heavy atom. The predicted octanol–water partition coefficient (Wildman–Crippen LogP) is 7.97. The monoisotopic (exact) mass is 569 g/mol. The maximum atomic E-state index is 14.6. The van der Waals surface area contributed by atoms with Crippen molar-refractivity contribution in [3.05, 3.63) is 87.5 Å². The fourth-order valence-corrected chi connectivity index (χ4v) is 6.42. The zero-order valence-corrected chi connectivity index (χ0v) is 22.9. The SMILES string of the molecule is CCCCCCC(=O)c1cn(Cc2ccccc2F)c2sc(-c3ccc(OC)cc3)c(CBr)c2c1=O. The van der Waals surface area contributed by atoms with E-state index in [9.17, 15) is 14.0 Å². The highest BCUT2D eigenvalue weighted by Crippen LogP contribution is 2.39. The number of unbranched alkanes of at least 4 members (excludes halogenated alkanes) is 3. The number of benzene rings is 2. The summed E-state index contributed by atoms with van der Waals surface area (Å²) in [5, 5.41) is 0.982. The summed E-state index contributed by atoms with van der Waals surface area (Å²) in [7, 11) is 1.62. The van der Waals surface area contributed by atoms with E-state index in [-0.39, 0.29) is 29.1 Å². The number of carbonyl (C=O) groups is 1. The molecule has 0 spiro atoms. The number of hydrogen-bond donors (Lipinski definition) is 0. The van der Waals surface area contributed by atoms with Crippen molar-refractivity contribution in [2.24, 2.45) is 0 Å². The van der Waals surface area contributed by atoms with Gasteiger partial charge in [0.25, 0.3) is 0 Å². The molecular weight excluding hydrogens is 541 g/mol. The number of ether oxygens (including phenoxy) is 1. The first-order valence-corrected chi connectivity index (χ1v) is 14.1. The number of methoxy groups -OCH3 is 1. The minimum absolute atomic E-state index is 0.155. The zero-order chi connectivity index (χ0) is 25.7. The summed E-state index contributed by atoms with van der Waals surface area (Å²) < 4.78 is 21.7. The summed E-state index contributed by atoms with van der Waals surface area (Å²) in [6.45, 7) is 2.35. The van der Waals surface area contributed by atoms with Crippen molar-refractivity contribution in [1.29, 1.82) is 0 Å². The van der Waals surface area contributed by atoms with Gasteiger partial charge in [-0.15, -0.1) is 11.3 Å². The van der Waals surface area contributed by atoms with Crippen molar-refractivity contribution >= 4 is 43.3 Å². The molecule has 0 aliphatic rings. The lowest BCUT2D eigenvalue weighted by Crippen LogP contribution is -2.19. The molecule has 0 saturated heterocycles. The van der Waals surface area contributed by atoms with E-state index < -0.39 is 0 Å². The molecule has 4 aromatic rings. The lowest BCUT2D eigenvalue weighted by atomic mass is 10.0. The summed E-state index contributed by atoms with van der Waals surface area (Å²) in [5.41, 5.74) is 2.23. The van der Waals surface area contributed by atoms with E-state index in [0.29, 0.717) is 22.7 Å². The number of ketones is 1. The Bertz CT molecular complexity index is 1430. The fourth-order valence-electron chi connectivity index (χ4n) is 4.37. The van der Waals surface area contributed by atoms with E-state index in [1.54, 1.807) is 31.5 Å². The number of Topliss-reactive ketones (excluding diaryl/α,β-unsaturated/α-hetero) is 1. The van der Waals surface area contributed by atoms with Crippen molar-refractivity contribution < 1.29 is 13.9 Å². The van der Waals surface area contributed by atoms with Crippen LogP contribution >= 0.6 is 27.3 Å². The largest absolute Gasteiger partial charge is 0.497 e. The lowest BCUT2D eigenvalue weighted by molar-refractivity contribution is 0.0977. The van der Waals surface area contributed by atoms with Crippen LogP contribution in [0.3, 0.4) is 0 Å². The molecule has 4 nitrogen and oxygen atoms in total. The van der Waals surface area contributed by atoms with Crippen LogP contribution in [0.25, 0.3) is 20.7 Å². The summed E-state index contributed by atoms with van der Waals surface area (Å²) in [6.07, 6.45) is 5.82. The van der Waals surface area contributed by atoms with Gasteiger partial charge in [0.1, 0.15) is 16.4 Å². The first-order valence-electron chi connectivity index (χ1n) is 12.1. The number of carbonyl (C=O) groups excluding carboxylic acids is 1. The van der Waals surface area contributed by atoms with Gasteiger partial charge in [-0.25, -0.2) is 4.39 Å². The van der Waals surface area contributed by atoms with Gasteiger partial charge < -0.3 is 9.30 Å². The molecule has 7 heteroatoms. The normalized spacial score (nSPS) is 11.2. The second-order valence-corrected chi connectivity index (χ2v) is 10.3. The molecule has 2 heterocycles. The lowest BCUT2D eigenvalue weighted by Gasteiger charge is -2.12. The molecule has 188 valence electrons. The Kier molecular flexibility index (Phi) is 8.75. The van der Waals surface area contributed by atoms with E-state index in [0.717, 1.165) is 52.3 Å². The second-order valence-electron chi connectivity index (χ2n) is 8.78. The molecule has 0 saturated carbocycles. The Hall–Kier alpha value is -2.77. The van der Waals surface area contributed by atoms with Gasteiger partial charge in [-0.05, 0) is 47.9 Å². The van der Waals surface area contributed by atoms with Gasteiger partial charge in [0.05, 0.1) is 24.6 Å². The quantitative estimate of drug-likeness (QED) is 0.104. The predicted molar refractivity (Wildman–Crippen MR) is 149 cm³/mol. The second kappa shape index (κ2) is 12.0. The van der Waals surface area contributed by atoms with Crippen LogP contribution in [-0.2, 0) is 11.9 Å². The molecule has 0 atom stereocenters. The van der Waals surface area contributed by atoms with Crippen molar-refractivity contribution in [3.63, 3.8) is 0 Å². The average Bonchev–Trinajstić information content (AvgIpc) is 3.30. The zero-order valence-electron chi connectivity index (χ0n) is 20.5. The molecule has 4 rings (SSSR count). The molecular formula is C29H29BrFNO3S. The highest BCUT2D eigenvalue weighted by molar-refractivity contribution is 9.08. The Balaban J connectivity index is 1.89. The van der Waals surface area contributed by atoms with Gasteiger partial charge in [0.15, 0.2) is 5.78 Å². The number of aromatic nitrogens is 1. The molecule has 2 aromatic heterocycles. The molecule has 0 fully saturated rings. The molecule has 0 N–H and O–H groups in total. The fraction of sp³-hybridized carbons (Fsp3) is 0.310. The number of thiophene rings is 1. The van der Waals surface area contributed by atoms with Crippen molar-refractivity contribution in [1.82, 2.24) is 4.57 Å². The number of hydrogen-bond acceptors (Lipinski definition) is 4. The van der Waals surface area contributed by atoms with Crippen LogP contribution in [-0.4, -0.2) is 17.5 Å². The van der Waals surface area contributed by atoms with Crippen LogP contribution in [0.1, 0.15) is 60.5 Å². The summed E-state index contributed by atoms with van der Waals surface area (Å²) in [5.74, 6) is 0.276. The van der Waals surface area contributed by atoms with Gasteiger partial charge >= 0.3 is 0 Å². The molecule has 0 aliphatic carbocycles. The van der Waals surface area contributed by atoms with Crippen molar-refractivity contribution in [2.75, 3.05) is 7.11 Å². The molecule has 2 aromatic carbocycles. The van der Waals surface area contributed by atoms with Crippen molar-refractivity contribution in [2.45, 2.75) is 50.9 Å². The standard InChI is InChI=1S/C29H29BrFNO3S/c1-3-4-5-6-11-25(33)23-18-32(17-20-9-7-8-10-24(20)31)29-26(27(23)34)22(16-30)28(36-29)19-12-14-21(35-2)15-13-19/h7-10,12-15,18H,3-6,11,16-17H2,1-2H3. The third-order valence-electron chi connectivity index (χ3n) is 6.35. The summed E-state index contributed by atoms with van der Waals surface area (Å²) >= 11 is 5.07. The molecule has 0 aliphatic heterocycles. The number of nitrogens with zero attached hydrogens (tertiary/aromatic N) is 1. The highest BCUT2D eigenvalue weighted by atomic mass is 79.9. The van der Waals surface area contributed by atoms with Gasteiger partial charge in [-0.1, -0.05) is 60.3 Å². The third-order valence-corrected chi connectivity index (χ3v) is 8.23. The van der Waals surface area contributed by atoms with Crippen LogP contribution < -0.4 is 10.2 Å². The molecule has 0 amide bonds. The van der Waals surface area contributed by atoms with E-state index in [1.165, 1.54) is 17.4 Å². The maximum Gasteiger partial charge on any atom is 0.201 e. The highest BCUT2D eigenvalue weighted by Gasteiger charge is 2.23. The molecule has 0 radical (unpaired) electrons. The van der Waals surface area contributed by atoms with E-state index in [4.69, 9.17) is 4.74 Å². The van der Waals surface area contributed by atoms with Gasteiger partial charge in [-0.3, -0.25) is 9.59 Å². The average molecular weight is 571 g/mol. The van der Waals surface area contributed by atoms with Crippen LogP contribution in [0.2, 0.25) is 0 Å². The smallest absolute Gasteiger partial charge is 0.201 e. The number of rotatable bonds is 11. The number of halogens is 2. The minimum Gasteiger partial charge on any atom is -0.497 e. The number of pyridine rings is 1. The molecule has 36 heavy (non-hydrogen) atoms. The Labute approximate surface area is 222 Å². The van der Waals surface area contributed by atoms with Gasteiger partial charge in [0.2, 0.25) is 5.43 Å². The number of fused-ring (bicyclic) bond motifs is 1. The topological polar surface area (TPSA) is 48.3 Å². The van der Waals surface area contributed by atoms with E-state index in [1.807, 2.05) is 28.8 Å². The van der Waals surface area contributed by atoms with Crippen LogP contribution in [0.5, 0.6) is 5.75 Å². The van der Waals surface area contributed by atoms with Crippen molar-refractivity contribution in [3.8, 4) is 16.2 Å². The Morgan fingerprint density at radius 1 is 1.08 bits per heavy atom. The third kappa shape index (κ3) is 5.47. The van der Waals surface area contributed by atoms with Crippen LogP contribution in [0.15, 0.2) is 59.5 Å². The van der Waals surface area contributed by atoms with E-state index in [2.05, 4.69) is 22.9 Å². The maximum absolute atomic E-state index is 14.6. The van der Waals surface area contributed by atoms with Crippen LogP contribution in [0, 0.1) is 5.82 Å². The first kappa shape index (κ1) is 26.3. The molecule has 0 unspecified atom stereocenters. The minimum atomic E-state index is -0.315. The summed E-state index contributed by atoms with van der Waals surface area (Å²) in [6, 6.07) is 14.3. The van der Waals surface area contributed by atoms with E-state index >= 15 is 0 Å². The van der Waals surface area contributed by atoms with Gasteiger partial charge in [0, 0.05) is 28.4 Å². The van der Waals surface area contributed by atoms with Crippen LogP contribution in [0.4, 0.5) is 4.39 Å². The number of alkyl halides is 1. The van der Waals surface area contributed by atoms with Gasteiger partial charge in [-0.2, -0.15) is 0 Å². The Morgan fingerprint density at radius 2 is 1.83 bits per heavy atom.